The van der Waals surface area contributed by atoms with Crippen molar-refractivity contribution in [2.24, 2.45) is 0 Å². The van der Waals surface area contributed by atoms with Crippen LogP contribution in [0.4, 0.5) is 5.69 Å². The fourth-order valence-electron chi connectivity index (χ4n) is 2.21. The molecular formula is C16H26N2O3. The Morgan fingerprint density at radius 2 is 2.19 bits per heavy atom. The molecule has 2 atom stereocenters. The van der Waals surface area contributed by atoms with E-state index in [0.29, 0.717) is 18.6 Å². The molecule has 1 aromatic carbocycles. The Hall–Kier alpha value is -1.59. The molecule has 0 fully saturated rings. The molecule has 0 aromatic heterocycles. The van der Waals surface area contributed by atoms with Crippen molar-refractivity contribution < 1.29 is 14.6 Å². The van der Waals surface area contributed by atoms with Gasteiger partial charge in [0.15, 0.2) is 0 Å². The maximum absolute atomic E-state index is 12.0. The number of aliphatic hydroxyl groups excluding tert-OH is 1. The van der Waals surface area contributed by atoms with Crippen LogP contribution in [0.2, 0.25) is 0 Å². The lowest BCUT2D eigenvalue weighted by molar-refractivity contribution is -0.116. The number of hydrogen-bond acceptors (Lipinski definition) is 4. The highest BCUT2D eigenvalue weighted by atomic mass is 16.5. The molecule has 0 spiro atoms. The molecule has 0 radical (unpaired) electrons. The van der Waals surface area contributed by atoms with Gasteiger partial charge < -0.3 is 20.5 Å². The molecule has 0 bridgehead atoms. The lowest BCUT2D eigenvalue weighted by Gasteiger charge is -2.21. The summed E-state index contributed by atoms with van der Waals surface area (Å²) in [4.78, 5) is 12.0. The SMILES string of the molecule is CCC(CCO)NC(C)CC(=O)Nc1cccc(OC)c1. The second kappa shape index (κ2) is 9.37. The average molecular weight is 294 g/mol. The number of hydrogen-bond donors (Lipinski definition) is 3. The molecule has 1 rings (SSSR count). The first-order chi connectivity index (χ1) is 10.1. The summed E-state index contributed by atoms with van der Waals surface area (Å²) in [5.74, 6) is 0.676. The maximum Gasteiger partial charge on any atom is 0.225 e. The van der Waals surface area contributed by atoms with Crippen molar-refractivity contribution in [2.75, 3.05) is 19.0 Å². The molecule has 1 amide bonds. The van der Waals surface area contributed by atoms with Gasteiger partial charge in [-0.25, -0.2) is 0 Å². The van der Waals surface area contributed by atoms with Gasteiger partial charge in [0.25, 0.3) is 0 Å². The van der Waals surface area contributed by atoms with Crippen LogP contribution in [0.1, 0.15) is 33.1 Å². The van der Waals surface area contributed by atoms with Crippen molar-refractivity contribution >= 4 is 11.6 Å². The minimum absolute atomic E-state index is 0.0397. The number of methoxy groups -OCH3 is 1. The zero-order valence-electron chi connectivity index (χ0n) is 13.1. The monoisotopic (exact) mass is 294 g/mol. The number of nitrogens with one attached hydrogen (secondary N) is 2. The molecule has 2 unspecified atom stereocenters. The van der Waals surface area contributed by atoms with Gasteiger partial charge in [0.1, 0.15) is 5.75 Å². The topological polar surface area (TPSA) is 70.6 Å². The Morgan fingerprint density at radius 3 is 2.81 bits per heavy atom. The molecule has 0 saturated heterocycles. The summed E-state index contributed by atoms with van der Waals surface area (Å²) in [6, 6.07) is 7.60. The van der Waals surface area contributed by atoms with Gasteiger partial charge in [-0.15, -0.1) is 0 Å². The van der Waals surface area contributed by atoms with Crippen molar-refractivity contribution in [1.29, 1.82) is 0 Å². The first kappa shape index (κ1) is 17.5. The first-order valence-electron chi connectivity index (χ1n) is 7.39. The van der Waals surface area contributed by atoms with Gasteiger partial charge in [-0.1, -0.05) is 13.0 Å². The average Bonchev–Trinajstić information content (AvgIpc) is 2.46. The van der Waals surface area contributed by atoms with E-state index < -0.39 is 0 Å². The summed E-state index contributed by atoms with van der Waals surface area (Å²) in [6.07, 6.45) is 2.03. The van der Waals surface area contributed by atoms with E-state index in [1.807, 2.05) is 25.1 Å². The molecule has 118 valence electrons. The van der Waals surface area contributed by atoms with Gasteiger partial charge in [-0.3, -0.25) is 4.79 Å². The van der Waals surface area contributed by atoms with Crippen LogP contribution >= 0.6 is 0 Å². The Bertz CT molecular complexity index is 437. The zero-order valence-corrected chi connectivity index (χ0v) is 13.1. The van der Waals surface area contributed by atoms with Crippen LogP contribution < -0.4 is 15.4 Å². The fourth-order valence-corrected chi connectivity index (χ4v) is 2.21. The number of carbonyl (C=O) groups excluding carboxylic acids is 1. The molecule has 0 aliphatic carbocycles. The minimum Gasteiger partial charge on any atom is -0.497 e. The number of amides is 1. The largest absolute Gasteiger partial charge is 0.497 e. The fraction of sp³-hybridized carbons (Fsp3) is 0.562. The summed E-state index contributed by atoms with van der Waals surface area (Å²) < 4.78 is 5.12. The Morgan fingerprint density at radius 1 is 1.43 bits per heavy atom. The summed E-state index contributed by atoms with van der Waals surface area (Å²) in [6.45, 7) is 4.20. The predicted octanol–water partition coefficient (Wildman–Crippen LogP) is 2.16. The van der Waals surface area contributed by atoms with Crippen LogP contribution in [0, 0.1) is 0 Å². The normalized spacial score (nSPS) is 13.5. The molecule has 3 N–H and O–H groups in total. The highest BCUT2D eigenvalue weighted by molar-refractivity contribution is 5.91. The van der Waals surface area contributed by atoms with Crippen LogP contribution in [0.5, 0.6) is 5.75 Å². The number of rotatable bonds is 9. The summed E-state index contributed by atoms with van der Waals surface area (Å²) in [5.41, 5.74) is 0.731. The molecule has 21 heavy (non-hydrogen) atoms. The second-order valence-corrected chi connectivity index (χ2v) is 5.17. The predicted molar refractivity (Wildman–Crippen MR) is 84.6 cm³/mol. The molecule has 0 saturated carbocycles. The van der Waals surface area contributed by atoms with Crippen molar-refractivity contribution in [3.63, 3.8) is 0 Å². The van der Waals surface area contributed by atoms with Crippen LogP contribution in [0.15, 0.2) is 24.3 Å². The summed E-state index contributed by atoms with van der Waals surface area (Å²) in [7, 11) is 1.60. The van der Waals surface area contributed by atoms with Crippen molar-refractivity contribution in [3.05, 3.63) is 24.3 Å². The molecular weight excluding hydrogens is 268 g/mol. The van der Waals surface area contributed by atoms with E-state index >= 15 is 0 Å². The Kier molecular flexibility index (Phi) is 7.79. The number of ether oxygens (including phenoxy) is 1. The highest BCUT2D eigenvalue weighted by Crippen LogP contribution is 2.17. The first-order valence-corrected chi connectivity index (χ1v) is 7.39. The summed E-state index contributed by atoms with van der Waals surface area (Å²) in [5, 5.41) is 15.2. The van der Waals surface area contributed by atoms with Crippen molar-refractivity contribution in [2.45, 2.75) is 45.2 Å². The Labute approximate surface area is 126 Å². The standard InChI is InChI=1S/C16H26N2O3/c1-4-13(8-9-19)17-12(2)10-16(20)18-14-6-5-7-15(11-14)21-3/h5-7,11-13,17,19H,4,8-10H2,1-3H3,(H,18,20). The highest BCUT2D eigenvalue weighted by Gasteiger charge is 2.13. The van der Waals surface area contributed by atoms with Gasteiger partial charge in [-0.05, 0) is 31.9 Å². The van der Waals surface area contributed by atoms with Gasteiger partial charge in [0, 0.05) is 36.9 Å². The Balaban J connectivity index is 2.45. The van der Waals surface area contributed by atoms with Crippen LogP contribution in [0.3, 0.4) is 0 Å². The van der Waals surface area contributed by atoms with Gasteiger partial charge >= 0.3 is 0 Å². The van der Waals surface area contributed by atoms with Crippen LogP contribution in [-0.4, -0.2) is 36.8 Å². The van der Waals surface area contributed by atoms with Gasteiger partial charge in [0.05, 0.1) is 7.11 Å². The van der Waals surface area contributed by atoms with E-state index in [2.05, 4.69) is 17.6 Å². The lowest BCUT2D eigenvalue weighted by Crippen LogP contribution is -2.38. The number of anilines is 1. The van der Waals surface area contributed by atoms with Gasteiger partial charge in [0.2, 0.25) is 5.91 Å². The maximum atomic E-state index is 12.0. The van der Waals surface area contributed by atoms with Crippen molar-refractivity contribution in [1.82, 2.24) is 5.32 Å². The number of benzene rings is 1. The van der Waals surface area contributed by atoms with Gasteiger partial charge in [-0.2, -0.15) is 0 Å². The van der Waals surface area contributed by atoms with Crippen molar-refractivity contribution in [3.8, 4) is 5.75 Å². The summed E-state index contributed by atoms with van der Waals surface area (Å²) >= 11 is 0. The third kappa shape index (κ3) is 6.60. The smallest absolute Gasteiger partial charge is 0.225 e. The third-order valence-corrected chi connectivity index (χ3v) is 3.34. The zero-order chi connectivity index (χ0) is 15.7. The molecule has 5 nitrogen and oxygen atoms in total. The number of carbonyl (C=O) groups is 1. The third-order valence-electron chi connectivity index (χ3n) is 3.34. The van der Waals surface area contributed by atoms with Crippen LogP contribution in [-0.2, 0) is 4.79 Å². The lowest BCUT2D eigenvalue weighted by atomic mass is 10.1. The minimum atomic E-state index is -0.0397. The van der Waals surface area contributed by atoms with E-state index in [9.17, 15) is 4.79 Å². The molecule has 0 aliphatic rings. The molecule has 5 heteroatoms. The van der Waals surface area contributed by atoms with E-state index in [-0.39, 0.29) is 24.6 Å². The van der Waals surface area contributed by atoms with E-state index in [4.69, 9.17) is 9.84 Å². The molecule has 0 heterocycles. The van der Waals surface area contributed by atoms with E-state index in [0.717, 1.165) is 12.1 Å². The van der Waals surface area contributed by atoms with E-state index in [1.54, 1.807) is 13.2 Å². The quantitative estimate of drug-likeness (QED) is 0.653. The second-order valence-electron chi connectivity index (χ2n) is 5.17. The van der Waals surface area contributed by atoms with E-state index in [1.165, 1.54) is 0 Å². The molecule has 0 aliphatic heterocycles. The number of aliphatic hydroxyl groups is 1. The van der Waals surface area contributed by atoms with Crippen LogP contribution in [0.25, 0.3) is 0 Å². The molecule has 1 aromatic rings.